The van der Waals surface area contributed by atoms with Crippen LogP contribution in [-0.4, -0.2) is 6.04 Å². The Bertz CT molecular complexity index is 1410. The second kappa shape index (κ2) is 7.78. The van der Waals surface area contributed by atoms with E-state index >= 15 is 0 Å². The van der Waals surface area contributed by atoms with Gasteiger partial charge in [-0.2, -0.15) is 0 Å². The van der Waals surface area contributed by atoms with Crippen LogP contribution >= 0.6 is 0 Å². The zero-order valence-electron chi connectivity index (χ0n) is 19.0. The van der Waals surface area contributed by atoms with Crippen molar-refractivity contribution in [2.45, 2.75) is 24.8 Å². The maximum atomic E-state index is 2.58. The monoisotopic (exact) mass is 438 g/mol. The Balaban J connectivity index is 1.55. The summed E-state index contributed by atoms with van der Waals surface area (Å²) in [5.41, 5.74) is 10.5. The predicted octanol–water partition coefficient (Wildman–Crippen LogP) is 7.86. The average molecular weight is 439 g/mol. The highest BCUT2D eigenvalue weighted by atomic mass is 15.2. The molecule has 34 heavy (non-hydrogen) atoms. The number of hydrogen-bond donors (Lipinski definition) is 0. The molecule has 0 saturated carbocycles. The van der Waals surface area contributed by atoms with Crippen molar-refractivity contribution >= 4 is 22.6 Å². The fourth-order valence-corrected chi connectivity index (χ4v) is 5.84. The van der Waals surface area contributed by atoms with E-state index in [-0.39, 0.29) is 12.0 Å². The van der Waals surface area contributed by atoms with Gasteiger partial charge in [-0.15, -0.1) is 0 Å². The fraction of sp³-hybridized carbons (Fsp3) is 0.125. The molecule has 2 aromatic rings. The van der Waals surface area contributed by atoms with Gasteiger partial charge < -0.3 is 9.80 Å². The largest absolute Gasteiger partial charge is 0.332 e. The molecular weight excluding hydrogens is 412 g/mol. The third-order valence-electron chi connectivity index (χ3n) is 7.34. The van der Waals surface area contributed by atoms with E-state index in [0.717, 1.165) is 12.8 Å². The van der Waals surface area contributed by atoms with Gasteiger partial charge in [0.2, 0.25) is 0 Å². The minimum Gasteiger partial charge on any atom is -0.332 e. The Morgan fingerprint density at radius 3 is 2.53 bits per heavy atom. The highest BCUT2D eigenvalue weighted by molar-refractivity contribution is 5.98. The van der Waals surface area contributed by atoms with Crippen LogP contribution in [0.15, 0.2) is 133 Å². The molecule has 0 fully saturated rings. The number of para-hydroxylation sites is 1. The van der Waals surface area contributed by atoms with E-state index in [2.05, 4.69) is 131 Å². The maximum Gasteiger partial charge on any atom is 0.0775 e. The molecule has 2 heterocycles. The van der Waals surface area contributed by atoms with E-state index in [1.54, 1.807) is 0 Å². The molecule has 5 aliphatic rings. The highest BCUT2D eigenvalue weighted by Gasteiger charge is 2.37. The second-order valence-corrected chi connectivity index (χ2v) is 9.33. The smallest absolute Gasteiger partial charge is 0.0775 e. The van der Waals surface area contributed by atoms with Crippen molar-refractivity contribution in [1.29, 1.82) is 0 Å². The van der Waals surface area contributed by atoms with Crippen molar-refractivity contribution in [2.24, 2.45) is 0 Å². The third kappa shape index (κ3) is 2.95. The lowest BCUT2D eigenvalue weighted by atomic mass is 9.84. The van der Waals surface area contributed by atoms with Gasteiger partial charge in [-0.25, -0.2) is 0 Å². The minimum atomic E-state index is 0.271. The lowest BCUT2D eigenvalue weighted by Gasteiger charge is -2.44. The van der Waals surface area contributed by atoms with Crippen molar-refractivity contribution in [3.05, 3.63) is 144 Å². The van der Waals surface area contributed by atoms with Crippen LogP contribution in [0.25, 0.3) is 5.57 Å². The summed E-state index contributed by atoms with van der Waals surface area (Å²) in [7, 11) is 0. The summed E-state index contributed by atoms with van der Waals surface area (Å²) in [6.45, 7) is 0. The quantitative estimate of drug-likeness (QED) is 0.471. The molecule has 0 aromatic heterocycles. The number of fused-ring (bicyclic) bond motifs is 8. The fourth-order valence-electron chi connectivity index (χ4n) is 5.84. The van der Waals surface area contributed by atoms with Crippen LogP contribution < -0.4 is 9.80 Å². The average Bonchev–Trinajstić information content (AvgIpc) is 3.23. The maximum absolute atomic E-state index is 2.58. The Morgan fingerprint density at radius 1 is 0.765 bits per heavy atom. The minimum absolute atomic E-state index is 0.271. The van der Waals surface area contributed by atoms with Gasteiger partial charge in [0, 0.05) is 35.0 Å². The number of benzene rings is 2. The van der Waals surface area contributed by atoms with Crippen LogP contribution in [0.4, 0.5) is 17.1 Å². The Hall–Kier alpha value is -4.04. The van der Waals surface area contributed by atoms with Crippen LogP contribution in [0.2, 0.25) is 0 Å². The molecular formula is C32H26N2. The molecule has 4 bridgehead atoms. The summed E-state index contributed by atoms with van der Waals surface area (Å²) in [6, 6.07) is 15.9. The zero-order valence-corrected chi connectivity index (χ0v) is 19.0. The molecule has 2 nitrogen and oxygen atoms in total. The van der Waals surface area contributed by atoms with Crippen LogP contribution in [0.1, 0.15) is 29.9 Å². The number of hydrogen-bond acceptors (Lipinski definition) is 2. The van der Waals surface area contributed by atoms with Crippen LogP contribution in [0, 0.1) is 0 Å². The van der Waals surface area contributed by atoms with E-state index in [1.807, 2.05) is 0 Å². The molecule has 2 aliphatic heterocycles. The van der Waals surface area contributed by atoms with Gasteiger partial charge in [-0.1, -0.05) is 91.1 Å². The van der Waals surface area contributed by atoms with Gasteiger partial charge in [-0.3, -0.25) is 0 Å². The Morgan fingerprint density at radius 2 is 1.65 bits per heavy atom. The van der Waals surface area contributed by atoms with Gasteiger partial charge in [0.1, 0.15) is 0 Å². The lowest BCUT2D eigenvalue weighted by Crippen LogP contribution is -2.38. The van der Waals surface area contributed by atoms with Gasteiger partial charge in [0.25, 0.3) is 0 Å². The van der Waals surface area contributed by atoms with E-state index in [1.165, 1.54) is 45.2 Å². The van der Waals surface area contributed by atoms with E-state index < -0.39 is 0 Å². The first-order valence-corrected chi connectivity index (χ1v) is 12.2. The lowest BCUT2D eigenvalue weighted by molar-refractivity contribution is 0.742. The van der Waals surface area contributed by atoms with Crippen molar-refractivity contribution in [2.75, 3.05) is 9.80 Å². The normalized spacial score (nSPS) is 23.5. The van der Waals surface area contributed by atoms with Gasteiger partial charge in [-0.05, 0) is 47.9 Å². The van der Waals surface area contributed by atoms with Crippen molar-refractivity contribution in [1.82, 2.24) is 0 Å². The molecule has 0 amide bonds. The van der Waals surface area contributed by atoms with Gasteiger partial charge >= 0.3 is 0 Å². The Labute approximate surface area is 201 Å². The number of nitrogens with zero attached hydrogens (tertiary/aromatic N) is 2. The molecule has 0 spiro atoms. The van der Waals surface area contributed by atoms with Crippen LogP contribution in [0.3, 0.4) is 0 Å². The molecule has 2 unspecified atom stereocenters. The summed E-state index contributed by atoms with van der Waals surface area (Å²) in [6.07, 6.45) is 31.3. The standard InChI is InChI=1S/C32H26N2/c1-3-13-25(14-4-1)33-27-17-9-7-11-23(21-27)29-19-20-30-24-12-8-10-18-28(22-24)34(32(30)31(29)33)26-15-5-2-6-16-26/h1-15,17-20,22,24,26H,16,21H2. The number of rotatable bonds is 2. The zero-order chi connectivity index (χ0) is 22.5. The topological polar surface area (TPSA) is 6.48 Å². The van der Waals surface area contributed by atoms with Crippen LogP contribution in [-0.2, 0) is 0 Å². The highest BCUT2D eigenvalue weighted by Crippen LogP contribution is 2.55. The first-order chi connectivity index (χ1) is 16.9. The Kier molecular flexibility index (Phi) is 4.44. The molecule has 0 saturated heterocycles. The molecule has 164 valence electrons. The summed E-state index contributed by atoms with van der Waals surface area (Å²) >= 11 is 0. The molecule has 2 heteroatoms. The SMILES string of the molecule is C1=CC=C2CC(=C1)c1ccc3c(c1N2c1ccccc1)N(C1C=CC=CC1)C1=CC3C=CC=C1. The van der Waals surface area contributed by atoms with Crippen LogP contribution in [0.5, 0.6) is 0 Å². The second-order valence-electron chi connectivity index (χ2n) is 9.33. The summed E-state index contributed by atoms with van der Waals surface area (Å²) in [5, 5.41) is 0. The number of allylic oxidation sites excluding steroid dienone is 12. The molecule has 3 aliphatic carbocycles. The third-order valence-corrected chi connectivity index (χ3v) is 7.34. The van der Waals surface area contributed by atoms with Gasteiger partial charge in [0.05, 0.1) is 17.4 Å². The van der Waals surface area contributed by atoms with Crippen molar-refractivity contribution < 1.29 is 0 Å². The van der Waals surface area contributed by atoms with E-state index in [4.69, 9.17) is 0 Å². The number of anilines is 3. The molecule has 2 atom stereocenters. The molecule has 7 rings (SSSR count). The molecule has 0 radical (unpaired) electrons. The van der Waals surface area contributed by atoms with Crippen molar-refractivity contribution in [3.8, 4) is 0 Å². The first-order valence-electron chi connectivity index (χ1n) is 12.2. The van der Waals surface area contributed by atoms with E-state index in [9.17, 15) is 0 Å². The van der Waals surface area contributed by atoms with Gasteiger partial charge in [0.15, 0.2) is 0 Å². The van der Waals surface area contributed by atoms with Crippen molar-refractivity contribution in [3.63, 3.8) is 0 Å². The summed E-state index contributed by atoms with van der Waals surface area (Å²) in [5.74, 6) is 0.271. The summed E-state index contributed by atoms with van der Waals surface area (Å²) in [4.78, 5) is 5.08. The molecule has 2 aromatic carbocycles. The summed E-state index contributed by atoms with van der Waals surface area (Å²) < 4.78 is 0. The molecule has 0 N–H and O–H groups in total. The first kappa shape index (κ1) is 19.4. The van der Waals surface area contributed by atoms with E-state index in [0.29, 0.717) is 0 Å². The predicted molar refractivity (Wildman–Crippen MR) is 143 cm³/mol.